The zero-order chi connectivity index (χ0) is 22.6. The fourth-order valence-corrected chi connectivity index (χ4v) is 4.25. The van der Waals surface area contributed by atoms with E-state index in [9.17, 15) is 4.79 Å². The lowest BCUT2D eigenvalue weighted by atomic mass is 10.1. The summed E-state index contributed by atoms with van der Waals surface area (Å²) in [6, 6.07) is 21.0. The summed E-state index contributed by atoms with van der Waals surface area (Å²) in [5, 5.41) is 8.49. The van der Waals surface area contributed by atoms with Gasteiger partial charge in [0.15, 0.2) is 6.04 Å². The number of rotatable bonds is 6. The van der Waals surface area contributed by atoms with Crippen LogP contribution in [0.2, 0.25) is 0 Å². The van der Waals surface area contributed by atoms with Crippen molar-refractivity contribution in [2.75, 3.05) is 26.2 Å². The molecule has 0 saturated carbocycles. The summed E-state index contributed by atoms with van der Waals surface area (Å²) in [5.41, 5.74) is 1.86. The van der Waals surface area contributed by atoms with Crippen LogP contribution in [0.25, 0.3) is 11.4 Å². The van der Waals surface area contributed by atoms with Gasteiger partial charge in [-0.3, -0.25) is 14.4 Å². The summed E-state index contributed by atoms with van der Waals surface area (Å²) >= 11 is 0. The van der Waals surface area contributed by atoms with Gasteiger partial charge in [0.1, 0.15) is 0 Å². The van der Waals surface area contributed by atoms with Crippen LogP contribution in [-0.4, -0.2) is 61.8 Å². The molecule has 2 atom stereocenters. The van der Waals surface area contributed by atoms with Gasteiger partial charge < -0.3 is 9.42 Å². The highest BCUT2D eigenvalue weighted by Gasteiger charge is 2.32. The Morgan fingerprint density at radius 1 is 0.939 bits per heavy atom. The van der Waals surface area contributed by atoms with Gasteiger partial charge >= 0.3 is 0 Å². The molecule has 8 nitrogen and oxygen atoms in total. The van der Waals surface area contributed by atoms with Crippen molar-refractivity contribution in [2.45, 2.75) is 19.0 Å². The zero-order valence-corrected chi connectivity index (χ0v) is 18.5. The molecule has 0 bridgehead atoms. The first-order valence-corrected chi connectivity index (χ1v) is 11.2. The van der Waals surface area contributed by atoms with Gasteiger partial charge in [0.2, 0.25) is 11.7 Å². The lowest BCUT2D eigenvalue weighted by Gasteiger charge is -2.38. The molecular weight excluding hydrogens is 416 g/mol. The number of piperazine rings is 1. The molecule has 1 aliphatic rings. The molecule has 0 N–H and O–H groups in total. The largest absolute Gasteiger partial charge is 0.338 e. The summed E-state index contributed by atoms with van der Waals surface area (Å²) in [5.74, 6) is 1.24. The number of hydrogen-bond donors (Lipinski definition) is 0. The first-order valence-electron chi connectivity index (χ1n) is 11.2. The van der Waals surface area contributed by atoms with Crippen LogP contribution < -0.4 is 0 Å². The maximum absolute atomic E-state index is 13.5. The van der Waals surface area contributed by atoms with Gasteiger partial charge in [-0.05, 0) is 18.6 Å². The third-order valence-corrected chi connectivity index (χ3v) is 6.14. The summed E-state index contributed by atoms with van der Waals surface area (Å²) in [6.45, 7) is 4.80. The molecule has 2 aromatic heterocycles. The molecule has 8 heteroatoms. The Balaban J connectivity index is 1.26. The highest BCUT2D eigenvalue weighted by molar-refractivity contribution is 5.83. The number of aromatic nitrogens is 4. The van der Waals surface area contributed by atoms with Crippen molar-refractivity contribution in [2.24, 2.45) is 0 Å². The lowest BCUT2D eigenvalue weighted by molar-refractivity contribution is -0.136. The lowest BCUT2D eigenvalue weighted by Crippen LogP contribution is -2.51. The van der Waals surface area contributed by atoms with Gasteiger partial charge in [0.25, 0.3) is 5.91 Å². The molecule has 33 heavy (non-hydrogen) atoms. The first-order chi connectivity index (χ1) is 16.2. The van der Waals surface area contributed by atoms with Gasteiger partial charge in [-0.25, -0.2) is 0 Å². The minimum atomic E-state index is -0.463. The van der Waals surface area contributed by atoms with Gasteiger partial charge in [-0.15, -0.1) is 0 Å². The third-order valence-electron chi connectivity index (χ3n) is 6.14. The quantitative estimate of drug-likeness (QED) is 0.455. The Kier molecular flexibility index (Phi) is 5.99. The second-order valence-electron chi connectivity index (χ2n) is 8.16. The molecule has 3 heterocycles. The summed E-state index contributed by atoms with van der Waals surface area (Å²) < 4.78 is 7.29. The fourth-order valence-electron chi connectivity index (χ4n) is 4.25. The molecule has 2 unspecified atom stereocenters. The van der Waals surface area contributed by atoms with E-state index in [-0.39, 0.29) is 11.9 Å². The van der Waals surface area contributed by atoms with E-state index in [0.717, 1.165) is 24.2 Å². The molecule has 1 aliphatic heterocycles. The van der Waals surface area contributed by atoms with Crippen LogP contribution in [0.1, 0.15) is 30.5 Å². The molecule has 1 amide bonds. The number of carbonyl (C=O) groups is 1. The van der Waals surface area contributed by atoms with Crippen LogP contribution in [0, 0.1) is 0 Å². The second-order valence-corrected chi connectivity index (χ2v) is 8.16. The second kappa shape index (κ2) is 9.38. The van der Waals surface area contributed by atoms with Crippen LogP contribution >= 0.6 is 0 Å². The molecular formula is C25H26N6O2. The third kappa shape index (κ3) is 4.42. The van der Waals surface area contributed by atoms with Crippen LogP contribution in [0.5, 0.6) is 0 Å². The van der Waals surface area contributed by atoms with Crippen molar-refractivity contribution in [3.63, 3.8) is 0 Å². The number of carbonyl (C=O) groups excluding carboxylic acids is 1. The van der Waals surface area contributed by atoms with E-state index in [4.69, 9.17) is 4.52 Å². The van der Waals surface area contributed by atoms with Crippen molar-refractivity contribution in [3.05, 3.63) is 90.6 Å². The van der Waals surface area contributed by atoms with Gasteiger partial charge in [-0.2, -0.15) is 10.1 Å². The normalized spacial score (nSPS) is 16.5. The summed E-state index contributed by atoms with van der Waals surface area (Å²) in [7, 11) is 0. The maximum atomic E-state index is 13.5. The molecule has 1 saturated heterocycles. The Hall–Kier alpha value is -3.78. The molecule has 2 aromatic carbocycles. The Morgan fingerprint density at radius 2 is 1.64 bits per heavy atom. The van der Waals surface area contributed by atoms with E-state index in [1.54, 1.807) is 10.9 Å². The molecule has 4 aromatic rings. The topological polar surface area (TPSA) is 80.3 Å². The van der Waals surface area contributed by atoms with Crippen molar-refractivity contribution in [3.8, 4) is 11.4 Å². The molecule has 0 aliphatic carbocycles. The van der Waals surface area contributed by atoms with Crippen molar-refractivity contribution in [1.82, 2.24) is 29.7 Å². The molecule has 0 radical (unpaired) electrons. The fraction of sp³-hybridized carbons (Fsp3) is 0.280. The highest BCUT2D eigenvalue weighted by Crippen LogP contribution is 2.25. The van der Waals surface area contributed by atoms with E-state index in [0.29, 0.717) is 24.8 Å². The zero-order valence-electron chi connectivity index (χ0n) is 18.5. The average Bonchev–Trinajstić information content (AvgIpc) is 3.58. The number of hydrogen-bond acceptors (Lipinski definition) is 6. The number of benzene rings is 2. The summed E-state index contributed by atoms with van der Waals surface area (Å²) in [6.07, 6.45) is 3.55. The van der Waals surface area contributed by atoms with Crippen LogP contribution in [-0.2, 0) is 4.79 Å². The van der Waals surface area contributed by atoms with Crippen LogP contribution in [0.15, 0.2) is 83.6 Å². The summed E-state index contributed by atoms with van der Waals surface area (Å²) in [4.78, 5) is 22.3. The van der Waals surface area contributed by atoms with E-state index in [1.807, 2.05) is 77.8 Å². The van der Waals surface area contributed by atoms with Gasteiger partial charge in [-0.1, -0.05) is 65.8 Å². The Morgan fingerprint density at radius 3 is 2.30 bits per heavy atom. The predicted octanol–water partition coefficient (Wildman–Crippen LogP) is 3.43. The van der Waals surface area contributed by atoms with Crippen molar-refractivity contribution >= 4 is 5.91 Å². The van der Waals surface area contributed by atoms with Gasteiger partial charge in [0, 0.05) is 44.1 Å². The number of amides is 1. The number of nitrogens with zero attached hydrogens (tertiary/aromatic N) is 6. The van der Waals surface area contributed by atoms with Crippen molar-refractivity contribution in [1.29, 1.82) is 0 Å². The minimum absolute atomic E-state index is 0.0248. The average molecular weight is 443 g/mol. The molecule has 1 fully saturated rings. The van der Waals surface area contributed by atoms with Crippen LogP contribution in [0.3, 0.4) is 0 Å². The van der Waals surface area contributed by atoms with Crippen LogP contribution in [0.4, 0.5) is 0 Å². The van der Waals surface area contributed by atoms with E-state index < -0.39 is 6.04 Å². The smallest absolute Gasteiger partial charge is 0.252 e. The van der Waals surface area contributed by atoms with Gasteiger partial charge in [0.05, 0.1) is 6.04 Å². The molecule has 168 valence electrons. The predicted molar refractivity (Wildman–Crippen MR) is 123 cm³/mol. The Bertz CT molecular complexity index is 1170. The Labute approximate surface area is 192 Å². The highest BCUT2D eigenvalue weighted by atomic mass is 16.5. The minimum Gasteiger partial charge on any atom is -0.338 e. The van der Waals surface area contributed by atoms with Crippen molar-refractivity contribution < 1.29 is 9.32 Å². The van der Waals surface area contributed by atoms with E-state index in [1.165, 1.54) is 0 Å². The van der Waals surface area contributed by atoms with E-state index >= 15 is 0 Å². The monoisotopic (exact) mass is 442 g/mol. The first kappa shape index (κ1) is 21.1. The molecule has 0 spiro atoms. The molecule has 5 rings (SSSR count). The van der Waals surface area contributed by atoms with E-state index in [2.05, 4.69) is 27.1 Å². The standard InChI is InChI=1S/C25H26N6O2/c1-19(24-27-23(28-33-24)21-11-6-3-7-12-21)29-15-17-30(18-16-29)25(32)22(31-14-8-13-26-31)20-9-4-2-5-10-20/h2-14,19,22H,15-18H2,1H3. The maximum Gasteiger partial charge on any atom is 0.252 e. The SMILES string of the molecule is CC(c1nc(-c2ccccc2)no1)N1CCN(C(=O)C(c2ccccc2)n2cccn2)CC1.